The highest BCUT2D eigenvalue weighted by atomic mass is 35.5. The van der Waals surface area contributed by atoms with Gasteiger partial charge in [0.2, 0.25) is 0 Å². The molecule has 2 aliphatic carbocycles. The number of nitrogens with one attached hydrogen (secondary N) is 1. The molecule has 0 amide bonds. The number of hydrogen-bond donors (Lipinski definition) is 3. The van der Waals surface area contributed by atoms with Gasteiger partial charge in [-0.25, -0.2) is 5.84 Å². The van der Waals surface area contributed by atoms with Crippen LogP contribution in [0.3, 0.4) is 0 Å². The number of anilines is 1. The van der Waals surface area contributed by atoms with Crippen molar-refractivity contribution in [2.24, 2.45) is 16.8 Å². The molecular formula is C15H18ClN5O. The number of Topliss-reactive ketones (excluding diaryl/α,β-unsaturated/α-hetero) is 1. The predicted octanol–water partition coefficient (Wildman–Crippen LogP) is 1.56. The second-order valence-electron chi connectivity index (χ2n) is 5.59. The molecule has 1 aromatic carbocycles. The minimum Gasteiger partial charge on any atom is -0.370 e. The lowest BCUT2D eigenvalue weighted by Crippen LogP contribution is -2.30. The average Bonchev–Trinajstić information content (AvgIpc) is 3.39. The highest BCUT2D eigenvalue weighted by molar-refractivity contribution is 6.34. The van der Waals surface area contributed by atoms with Gasteiger partial charge in [-0.3, -0.25) is 4.79 Å². The van der Waals surface area contributed by atoms with E-state index in [1.54, 1.807) is 12.1 Å². The first-order chi connectivity index (χ1) is 10.6. The number of carbonyl (C=O) groups is 1. The molecule has 0 spiro atoms. The first-order valence-electron chi connectivity index (χ1n) is 7.10. The molecule has 1 aromatic rings. The molecule has 5 N–H and O–H groups in total. The van der Waals surface area contributed by atoms with Gasteiger partial charge in [0, 0.05) is 36.2 Å². The van der Waals surface area contributed by atoms with Gasteiger partial charge >= 0.3 is 0 Å². The Hall–Kier alpha value is -2.05. The highest BCUT2D eigenvalue weighted by Crippen LogP contribution is 2.37. The maximum Gasteiger partial charge on any atom is 0.189 e. The van der Waals surface area contributed by atoms with Crippen molar-refractivity contribution in [3.63, 3.8) is 0 Å². The zero-order chi connectivity index (χ0) is 15.9. The second kappa shape index (κ2) is 5.62. The van der Waals surface area contributed by atoms with Crippen LogP contribution in [0.5, 0.6) is 0 Å². The van der Waals surface area contributed by atoms with E-state index in [9.17, 15) is 4.79 Å². The summed E-state index contributed by atoms with van der Waals surface area (Å²) in [4.78, 5) is 14.6. The van der Waals surface area contributed by atoms with Crippen LogP contribution in [0.4, 0.5) is 5.69 Å². The number of halogens is 1. The Kier molecular flexibility index (Phi) is 3.80. The van der Waals surface area contributed by atoms with Gasteiger partial charge in [0.15, 0.2) is 11.6 Å². The van der Waals surface area contributed by atoms with Crippen LogP contribution in [0.2, 0.25) is 5.02 Å². The molecule has 116 valence electrons. The summed E-state index contributed by atoms with van der Waals surface area (Å²) in [6, 6.07) is 5.99. The van der Waals surface area contributed by atoms with Crippen LogP contribution in [0.1, 0.15) is 29.6 Å². The lowest BCUT2D eigenvalue weighted by atomic mass is 10.1. The van der Waals surface area contributed by atoms with Gasteiger partial charge in [0.1, 0.15) is 0 Å². The number of ketones is 1. The van der Waals surface area contributed by atoms with Crippen molar-refractivity contribution < 1.29 is 4.79 Å². The Labute approximate surface area is 133 Å². The van der Waals surface area contributed by atoms with E-state index in [-0.39, 0.29) is 5.78 Å². The fourth-order valence-electron chi connectivity index (χ4n) is 2.55. The molecule has 0 saturated heterocycles. The van der Waals surface area contributed by atoms with E-state index in [0.29, 0.717) is 34.5 Å². The third-order valence-electron chi connectivity index (χ3n) is 4.10. The van der Waals surface area contributed by atoms with E-state index < -0.39 is 0 Å². The molecule has 0 aliphatic heterocycles. The number of carbonyl (C=O) groups excluding carboxylic acids is 1. The second-order valence-corrected chi connectivity index (χ2v) is 6.00. The SMILES string of the molecule is CN(c1ccc(C(=O)C2=C(/C(=N\N)NN)C2)cc1Cl)C1CC1. The maximum absolute atomic E-state index is 12.4. The van der Waals surface area contributed by atoms with Crippen LogP contribution in [0, 0.1) is 0 Å². The first-order valence-corrected chi connectivity index (χ1v) is 7.48. The van der Waals surface area contributed by atoms with Gasteiger partial charge in [-0.15, -0.1) is 0 Å². The number of nitrogens with zero attached hydrogens (tertiary/aromatic N) is 2. The summed E-state index contributed by atoms with van der Waals surface area (Å²) >= 11 is 6.33. The Balaban J connectivity index is 1.81. The van der Waals surface area contributed by atoms with E-state index in [1.165, 1.54) is 12.8 Å². The molecule has 2 aliphatic rings. The van der Waals surface area contributed by atoms with E-state index in [2.05, 4.69) is 15.4 Å². The van der Waals surface area contributed by atoms with Crippen LogP contribution in [-0.2, 0) is 0 Å². The third kappa shape index (κ3) is 2.67. The number of allylic oxidation sites excluding steroid dienone is 1. The fourth-order valence-corrected chi connectivity index (χ4v) is 2.86. The number of hydrogen-bond acceptors (Lipinski definition) is 5. The molecule has 3 rings (SSSR count). The van der Waals surface area contributed by atoms with Gasteiger partial charge in [-0.1, -0.05) is 11.6 Å². The van der Waals surface area contributed by atoms with E-state index in [4.69, 9.17) is 23.3 Å². The molecule has 0 aromatic heterocycles. The van der Waals surface area contributed by atoms with Crippen molar-refractivity contribution in [3.05, 3.63) is 39.9 Å². The maximum atomic E-state index is 12.4. The number of benzene rings is 1. The van der Waals surface area contributed by atoms with Crippen LogP contribution in [0.25, 0.3) is 0 Å². The molecular weight excluding hydrogens is 302 g/mol. The number of hydrazine groups is 1. The summed E-state index contributed by atoms with van der Waals surface area (Å²) < 4.78 is 0. The van der Waals surface area contributed by atoms with Crippen molar-refractivity contribution in [2.75, 3.05) is 11.9 Å². The Morgan fingerprint density at radius 3 is 2.68 bits per heavy atom. The Morgan fingerprint density at radius 2 is 2.14 bits per heavy atom. The van der Waals surface area contributed by atoms with Gasteiger partial charge in [-0.2, -0.15) is 5.10 Å². The third-order valence-corrected chi connectivity index (χ3v) is 4.41. The van der Waals surface area contributed by atoms with Gasteiger partial charge in [0.25, 0.3) is 0 Å². The summed E-state index contributed by atoms with van der Waals surface area (Å²) in [6.07, 6.45) is 2.93. The minimum absolute atomic E-state index is 0.0612. The molecule has 6 nitrogen and oxygen atoms in total. The van der Waals surface area contributed by atoms with Crippen molar-refractivity contribution in [1.82, 2.24) is 5.43 Å². The normalized spacial score (nSPS) is 17.5. The number of amidine groups is 1. The average molecular weight is 320 g/mol. The summed E-state index contributed by atoms with van der Waals surface area (Å²) in [5.41, 5.74) is 5.33. The number of nitrogens with two attached hydrogens (primary N) is 2. The van der Waals surface area contributed by atoms with Gasteiger partial charge < -0.3 is 16.2 Å². The Bertz CT molecular complexity index is 693. The van der Waals surface area contributed by atoms with Crippen molar-refractivity contribution in [3.8, 4) is 0 Å². The quantitative estimate of drug-likeness (QED) is 0.251. The molecule has 22 heavy (non-hydrogen) atoms. The lowest BCUT2D eigenvalue weighted by molar-refractivity contribution is 0.103. The minimum atomic E-state index is -0.0612. The largest absolute Gasteiger partial charge is 0.370 e. The standard InChI is InChI=1S/C15H18ClN5O/c1-21(9-3-4-9)13-5-2-8(6-12(13)16)14(22)10-7-11(10)15(19-17)20-18/h2,5-6,9H,3-4,7,17-18H2,1H3,(H,19,20). The van der Waals surface area contributed by atoms with Gasteiger partial charge in [-0.05, 0) is 31.0 Å². The zero-order valence-corrected chi connectivity index (χ0v) is 13.0. The van der Waals surface area contributed by atoms with Crippen LogP contribution < -0.4 is 22.0 Å². The molecule has 0 radical (unpaired) electrons. The summed E-state index contributed by atoms with van der Waals surface area (Å²) in [6.45, 7) is 0. The first kappa shape index (κ1) is 14.9. The lowest BCUT2D eigenvalue weighted by Gasteiger charge is -2.20. The topological polar surface area (TPSA) is 96.7 Å². The van der Waals surface area contributed by atoms with Crippen molar-refractivity contribution >= 4 is 28.9 Å². The molecule has 7 heteroatoms. The van der Waals surface area contributed by atoms with E-state index >= 15 is 0 Å². The van der Waals surface area contributed by atoms with Crippen LogP contribution >= 0.6 is 11.6 Å². The molecule has 1 fully saturated rings. The van der Waals surface area contributed by atoms with E-state index in [0.717, 1.165) is 11.3 Å². The van der Waals surface area contributed by atoms with Crippen LogP contribution in [-0.4, -0.2) is 24.7 Å². The predicted molar refractivity (Wildman–Crippen MR) is 87.8 cm³/mol. The Morgan fingerprint density at radius 1 is 1.41 bits per heavy atom. The number of hydrazone groups is 1. The number of rotatable bonds is 5. The van der Waals surface area contributed by atoms with Crippen molar-refractivity contribution in [2.45, 2.75) is 25.3 Å². The van der Waals surface area contributed by atoms with Gasteiger partial charge in [0.05, 0.1) is 10.7 Å². The summed E-state index contributed by atoms with van der Waals surface area (Å²) in [5.74, 6) is 10.8. The summed E-state index contributed by atoms with van der Waals surface area (Å²) in [5, 5.41) is 4.10. The molecule has 0 heterocycles. The molecule has 1 saturated carbocycles. The monoisotopic (exact) mass is 319 g/mol. The molecule has 0 atom stereocenters. The zero-order valence-electron chi connectivity index (χ0n) is 12.3. The van der Waals surface area contributed by atoms with Crippen molar-refractivity contribution in [1.29, 1.82) is 0 Å². The molecule has 0 unspecified atom stereocenters. The van der Waals surface area contributed by atoms with E-state index in [1.807, 2.05) is 13.1 Å². The fraction of sp³-hybridized carbons (Fsp3) is 0.333. The molecule has 0 bridgehead atoms. The van der Waals surface area contributed by atoms with Crippen LogP contribution in [0.15, 0.2) is 34.4 Å². The highest BCUT2D eigenvalue weighted by Gasteiger charge is 2.33. The summed E-state index contributed by atoms with van der Waals surface area (Å²) in [7, 11) is 2.03. The smallest absolute Gasteiger partial charge is 0.189 e.